The first kappa shape index (κ1) is 12.5. The minimum absolute atomic E-state index is 0.217. The molecule has 1 aromatic heterocycles. The Labute approximate surface area is 103 Å². The molecule has 0 amide bonds. The Bertz CT molecular complexity index is 365. The van der Waals surface area contributed by atoms with Crippen LogP contribution >= 0.6 is 0 Å². The second-order valence-electron chi connectivity index (χ2n) is 5.10. The molecular weight excluding hydrogens is 216 g/mol. The summed E-state index contributed by atoms with van der Waals surface area (Å²) in [5.41, 5.74) is 1.10. The topological polar surface area (TPSA) is 44.5 Å². The van der Waals surface area contributed by atoms with Gasteiger partial charge < -0.3 is 10.0 Å². The Hall–Kier alpha value is -0.910. The van der Waals surface area contributed by atoms with Gasteiger partial charge in [-0.1, -0.05) is 0 Å². The average Bonchev–Trinajstić information content (AvgIpc) is 2.67. The molecule has 0 radical (unpaired) electrons. The molecule has 2 unspecified atom stereocenters. The summed E-state index contributed by atoms with van der Waals surface area (Å²) < 4.78 is 1.78. The van der Waals surface area contributed by atoms with Gasteiger partial charge in [-0.15, -0.1) is 0 Å². The van der Waals surface area contributed by atoms with Gasteiger partial charge in [-0.25, -0.2) is 0 Å². The standard InChI is InChI=1S/C12H22N4O/c1-14-4-5-15(2)11(9-14)12(17)6-10-7-13-16(3)8-10/h7-8,11-12,17H,4-6,9H2,1-3H3. The minimum Gasteiger partial charge on any atom is -0.391 e. The largest absolute Gasteiger partial charge is 0.391 e. The first-order valence-electron chi connectivity index (χ1n) is 6.10. The molecule has 0 bridgehead atoms. The number of likely N-dealkylation sites (N-methyl/N-ethyl adjacent to an activating group) is 2. The number of piperazine rings is 1. The van der Waals surface area contributed by atoms with Crippen LogP contribution in [0, 0.1) is 0 Å². The van der Waals surface area contributed by atoms with Crippen LogP contribution in [0.25, 0.3) is 0 Å². The van der Waals surface area contributed by atoms with Gasteiger partial charge in [0.05, 0.1) is 12.3 Å². The van der Waals surface area contributed by atoms with Crippen molar-refractivity contribution in [3.05, 3.63) is 18.0 Å². The summed E-state index contributed by atoms with van der Waals surface area (Å²) in [7, 11) is 6.09. The Kier molecular flexibility index (Phi) is 3.81. The van der Waals surface area contributed by atoms with Crippen molar-refractivity contribution in [3.8, 4) is 0 Å². The lowest BCUT2D eigenvalue weighted by Gasteiger charge is -2.40. The summed E-state index contributed by atoms with van der Waals surface area (Å²) in [6.45, 7) is 3.02. The van der Waals surface area contributed by atoms with Crippen LogP contribution in [0.15, 0.2) is 12.4 Å². The highest BCUT2D eigenvalue weighted by Gasteiger charge is 2.28. The maximum absolute atomic E-state index is 10.3. The molecule has 0 saturated carbocycles. The maximum atomic E-state index is 10.3. The van der Waals surface area contributed by atoms with Crippen LogP contribution in [0.5, 0.6) is 0 Å². The van der Waals surface area contributed by atoms with Crippen LogP contribution in [-0.2, 0) is 13.5 Å². The number of hydrogen-bond donors (Lipinski definition) is 1. The van der Waals surface area contributed by atoms with Crippen LogP contribution in [0.3, 0.4) is 0 Å². The highest BCUT2D eigenvalue weighted by Crippen LogP contribution is 2.13. The van der Waals surface area contributed by atoms with Gasteiger partial charge >= 0.3 is 0 Å². The highest BCUT2D eigenvalue weighted by atomic mass is 16.3. The highest BCUT2D eigenvalue weighted by molar-refractivity contribution is 5.06. The molecule has 17 heavy (non-hydrogen) atoms. The number of hydrogen-bond acceptors (Lipinski definition) is 4. The van der Waals surface area contributed by atoms with Crippen molar-refractivity contribution in [1.82, 2.24) is 19.6 Å². The molecule has 2 atom stereocenters. The fraction of sp³-hybridized carbons (Fsp3) is 0.750. The summed E-state index contributed by atoms with van der Waals surface area (Å²) in [5, 5.41) is 14.4. The zero-order chi connectivity index (χ0) is 12.4. The van der Waals surface area contributed by atoms with Gasteiger partial charge in [0, 0.05) is 45.3 Å². The lowest BCUT2D eigenvalue weighted by atomic mass is 10.0. The van der Waals surface area contributed by atoms with Gasteiger partial charge in [-0.3, -0.25) is 9.58 Å². The molecule has 5 nitrogen and oxygen atoms in total. The molecule has 0 aromatic carbocycles. The molecule has 0 aliphatic carbocycles. The van der Waals surface area contributed by atoms with E-state index in [-0.39, 0.29) is 12.1 Å². The van der Waals surface area contributed by atoms with Crippen molar-refractivity contribution in [2.45, 2.75) is 18.6 Å². The number of aromatic nitrogens is 2. The third-order valence-corrected chi connectivity index (χ3v) is 3.55. The molecule has 1 aliphatic rings. The quantitative estimate of drug-likeness (QED) is 0.776. The first-order chi connectivity index (χ1) is 8.06. The minimum atomic E-state index is -0.327. The number of rotatable bonds is 3. The molecule has 1 aromatic rings. The fourth-order valence-corrected chi connectivity index (χ4v) is 2.41. The van der Waals surface area contributed by atoms with Crippen LogP contribution in [-0.4, -0.2) is 70.6 Å². The summed E-state index contributed by atoms with van der Waals surface area (Å²) >= 11 is 0. The lowest BCUT2D eigenvalue weighted by Crippen LogP contribution is -2.55. The average molecular weight is 238 g/mol. The number of nitrogens with zero attached hydrogens (tertiary/aromatic N) is 4. The van der Waals surface area contributed by atoms with E-state index in [2.05, 4.69) is 29.0 Å². The van der Waals surface area contributed by atoms with Crippen molar-refractivity contribution >= 4 is 0 Å². The SMILES string of the molecule is CN1CCN(C)C(C(O)Cc2cnn(C)c2)C1. The van der Waals surface area contributed by atoms with Crippen LogP contribution in [0.1, 0.15) is 5.56 Å². The molecule has 1 fully saturated rings. The zero-order valence-corrected chi connectivity index (χ0v) is 10.9. The van der Waals surface area contributed by atoms with E-state index in [4.69, 9.17) is 0 Å². The molecule has 2 heterocycles. The summed E-state index contributed by atoms with van der Waals surface area (Å²) in [6.07, 6.45) is 4.15. The molecular formula is C12H22N4O. The van der Waals surface area contributed by atoms with E-state index in [1.54, 1.807) is 4.68 Å². The van der Waals surface area contributed by atoms with Crippen molar-refractivity contribution < 1.29 is 5.11 Å². The van der Waals surface area contributed by atoms with E-state index in [9.17, 15) is 5.11 Å². The van der Waals surface area contributed by atoms with E-state index >= 15 is 0 Å². The number of aliphatic hydroxyl groups excluding tert-OH is 1. The molecule has 1 saturated heterocycles. The van der Waals surface area contributed by atoms with Gasteiger partial charge in [-0.2, -0.15) is 5.10 Å². The normalized spacial score (nSPS) is 25.1. The smallest absolute Gasteiger partial charge is 0.0749 e. The van der Waals surface area contributed by atoms with Crippen LogP contribution in [0.2, 0.25) is 0 Å². The summed E-state index contributed by atoms with van der Waals surface area (Å²) in [5.74, 6) is 0. The van der Waals surface area contributed by atoms with E-state index in [1.807, 2.05) is 19.4 Å². The molecule has 1 aliphatic heterocycles. The van der Waals surface area contributed by atoms with Crippen LogP contribution in [0.4, 0.5) is 0 Å². The first-order valence-corrected chi connectivity index (χ1v) is 6.10. The maximum Gasteiger partial charge on any atom is 0.0749 e. The van der Waals surface area contributed by atoms with Crippen molar-refractivity contribution in [1.29, 1.82) is 0 Å². The fourth-order valence-electron chi connectivity index (χ4n) is 2.41. The van der Waals surface area contributed by atoms with Gasteiger partial charge in [-0.05, 0) is 19.7 Å². The predicted octanol–water partition coefficient (Wildman–Crippen LogP) is -0.431. The predicted molar refractivity (Wildman–Crippen MR) is 66.8 cm³/mol. The van der Waals surface area contributed by atoms with Crippen molar-refractivity contribution in [2.75, 3.05) is 33.7 Å². The van der Waals surface area contributed by atoms with Gasteiger partial charge in [0.25, 0.3) is 0 Å². The van der Waals surface area contributed by atoms with Crippen LogP contribution < -0.4 is 0 Å². The molecule has 2 rings (SSSR count). The lowest BCUT2D eigenvalue weighted by molar-refractivity contribution is 0.0153. The second kappa shape index (κ2) is 5.16. The van der Waals surface area contributed by atoms with Crippen molar-refractivity contribution in [2.24, 2.45) is 7.05 Å². The molecule has 0 spiro atoms. The third-order valence-electron chi connectivity index (χ3n) is 3.55. The molecule has 5 heteroatoms. The monoisotopic (exact) mass is 238 g/mol. The summed E-state index contributed by atoms with van der Waals surface area (Å²) in [6, 6.07) is 0.217. The molecule has 1 N–H and O–H groups in total. The van der Waals surface area contributed by atoms with E-state index in [1.165, 1.54) is 0 Å². The second-order valence-corrected chi connectivity index (χ2v) is 5.10. The molecule has 96 valence electrons. The Morgan fingerprint density at radius 2 is 2.18 bits per heavy atom. The Morgan fingerprint density at radius 1 is 1.41 bits per heavy atom. The Morgan fingerprint density at radius 3 is 2.82 bits per heavy atom. The zero-order valence-electron chi connectivity index (χ0n) is 10.9. The van der Waals surface area contributed by atoms with E-state index in [0.29, 0.717) is 6.42 Å². The number of aliphatic hydroxyl groups is 1. The summed E-state index contributed by atoms with van der Waals surface area (Å²) in [4.78, 5) is 4.53. The Balaban J connectivity index is 1.96. The van der Waals surface area contributed by atoms with Gasteiger partial charge in [0.15, 0.2) is 0 Å². The third kappa shape index (κ3) is 3.06. The van der Waals surface area contributed by atoms with E-state index in [0.717, 1.165) is 25.2 Å². The number of aryl methyl sites for hydroxylation is 1. The van der Waals surface area contributed by atoms with E-state index < -0.39 is 0 Å². The van der Waals surface area contributed by atoms with Gasteiger partial charge in [0.2, 0.25) is 0 Å². The van der Waals surface area contributed by atoms with Gasteiger partial charge in [0.1, 0.15) is 0 Å². The van der Waals surface area contributed by atoms with Crippen molar-refractivity contribution in [3.63, 3.8) is 0 Å².